The van der Waals surface area contributed by atoms with E-state index in [2.05, 4.69) is 36.0 Å². The lowest BCUT2D eigenvalue weighted by Crippen LogP contribution is -2.39. The minimum Gasteiger partial charge on any atom is -0.344 e. The predicted octanol–water partition coefficient (Wildman–Crippen LogP) is 4.24. The molecule has 250 valence electrons. The van der Waals surface area contributed by atoms with Crippen LogP contribution < -0.4 is 10.6 Å². The molecule has 7 rings (SSSR count). The zero-order valence-corrected chi connectivity index (χ0v) is 25.3. The van der Waals surface area contributed by atoms with Crippen LogP contribution in [-0.2, 0) is 24.7 Å². The van der Waals surface area contributed by atoms with E-state index in [1.165, 1.54) is 17.0 Å². The van der Waals surface area contributed by atoms with Crippen LogP contribution in [0, 0.1) is 11.3 Å². The summed E-state index contributed by atoms with van der Waals surface area (Å²) >= 11 is 0. The molecule has 2 amide bonds. The number of hydrogen-bond donors (Lipinski definition) is 2. The molecule has 2 aliphatic carbocycles. The molecule has 0 aromatic carbocycles. The van der Waals surface area contributed by atoms with Gasteiger partial charge in [0.25, 0.3) is 5.91 Å². The van der Waals surface area contributed by atoms with Crippen molar-refractivity contribution in [2.24, 2.45) is 18.4 Å². The summed E-state index contributed by atoms with van der Waals surface area (Å²) in [5, 5.41) is 17.1. The Kier molecular flexibility index (Phi) is 7.54. The number of carbonyl (C=O) groups is 2. The highest BCUT2D eigenvalue weighted by atomic mass is 19.4. The summed E-state index contributed by atoms with van der Waals surface area (Å²) in [5.41, 5.74) is 0.711. The molecule has 0 unspecified atom stereocenters. The van der Waals surface area contributed by atoms with Crippen LogP contribution in [0.5, 0.6) is 0 Å². The van der Waals surface area contributed by atoms with Crippen molar-refractivity contribution in [2.75, 3.05) is 0 Å². The molecule has 17 heteroatoms. The number of nitrogens with zero attached hydrogens (tertiary/aromatic N) is 7. The van der Waals surface area contributed by atoms with E-state index < -0.39 is 47.8 Å². The Balaban J connectivity index is 1.18. The smallest absolute Gasteiger partial charge is 0.344 e. The Hall–Kier alpha value is -4.44. The van der Waals surface area contributed by atoms with Gasteiger partial charge in [0.15, 0.2) is 11.3 Å². The normalized spacial score (nSPS) is 24.0. The lowest BCUT2D eigenvalue weighted by atomic mass is 9.75. The molecule has 0 bridgehead atoms. The molecule has 3 aliphatic rings. The van der Waals surface area contributed by atoms with Gasteiger partial charge in [-0.3, -0.25) is 9.59 Å². The van der Waals surface area contributed by atoms with Gasteiger partial charge in [0.05, 0.1) is 41.6 Å². The maximum atomic E-state index is 14.1. The third kappa shape index (κ3) is 6.31. The van der Waals surface area contributed by atoms with Crippen LogP contribution in [-0.4, -0.2) is 64.4 Å². The van der Waals surface area contributed by atoms with Crippen molar-refractivity contribution in [1.29, 1.82) is 0 Å². The summed E-state index contributed by atoms with van der Waals surface area (Å²) in [6, 6.07) is -1.14. The van der Waals surface area contributed by atoms with E-state index in [0.717, 1.165) is 12.8 Å². The van der Waals surface area contributed by atoms with Gasteiger partial charge in [-0.25, -0.2) is 27.9 Å². The maximum absolute atomic E-state index is 14.1. The number of nitrogens with one attached hydrogen (secondary N) is 2. The summed E-state index contributed by atoms with van der Waals surface area (Å²) in [5.74, 6) is -4.35. The third-order valence-electron chi connectivity index (χ3n) is 9.52. The maximum Gasteiger partial charge on any atom is 0.408 e. The lowest BCUT2D eigenvalue weighted by molar-refractivity contribution is -0.155. The van der Waals surface area contributed by atoms with Crippen LogP contribution in [0.1, 0.15) is 90.0 Å². The van der Waals surface area contributed by atoms with E-state index in [4.69, 9.17) is 4.63 Å². The van der Waals surface area contributed by atoms with E-state index in [9.17, 15) is 31.5 Å². The van der Waals surface area contributed by atoms with E-state index in [1.54, 1.807) is 30.1 Å². The fraction of sp³-hybridized carbons (Fsp3) is 0.567. The second-order valence-electron chi connectivity index (χ2n) is 13.2. The van der Waals surface area contributed by atoms with Gasteiger partial charge in [0, 0.05) is 38.4 Å². The summed E-state index contributed by atoms with van der Waals surface area (Å²) in [4.78, 5) is 35.6. The first-order valence-electron chi connectivity index (χ1n) is 15.5. The van der Waals surface area contributed by atoms with Crippen molar-refractivity contribution in [1.82, 2.24) is 45.1 Å². The van der Waals surface area contributed by atoms with Crippen LogP contribution in [0.2, 0.25) is 0 Å². The summed E-state index contributed by atoms with van der Waals surface area (Å²) < 4.78 is 77.4. The van der Waals surface area contributed by atoms with Crippen LogP contribution in [0.25, 0.3) is 5.65 Å². The number of aromatic nitrogens is 7. The molecule has 4 aromatic heterocycles. The molecule has 3 atom stereocenters. The number of alkyl halides is 5. The van der Waals surface area contributed by atoms with Gasteiger partial charge in [-0.15, -0.1) is 0 Å². The molecular formula is C30H32F5N9O3. The Morgan fingerprint density at radius 2 is 1.91 bits per heavy atom. The minimum absolute atomic E-state index is 0.0166. The molecule has 47 heavy (non-hydrogen) atoms. The molecule has 3 fully saturated rings. The van der Waals surface area contributed by atoms with E-state index in [0.29, 0.717) is 28.3 Å². The largest absolute Gasteiger partial charge is 0.408 e. The number of imidazole rings is 2. The van der Waals surface area contributed by atoms with E-state index in [-0.39, 0.29) is 56.1 Å². The average molecular weight is 662 g/mol. The van der Waals surface area contributed by atoms with Crippen LogP contribution >= 0.6 is 0 Å². The summed E-state index contributed by atoms with van der Waals surface area (Å²) in [6.45, 7) is 0. The van der Waals surface area contributed by atoms with Crippen molar-refractivity contribution in [2.45, 2.75) is 87.9 Å². The highest BCUT2D eigenvalue weighted by Gasteiger charge is 2.55. The molecule has 5 heterocycles. The van der Waals surface area contributed by atoms with Gasteiger partial charge in [0.1, 0.15) is 11.7 Å². The fourth-order valence-electron chi connectivity index (χ4n) is 6.90. The van der Waals surface area contributed by atoms with Crippen molar-refractivity contribution in [3.05, 3.63) is 59.3 Å². The van der Waals surface area contributed by atoms with Gasteiger partial charge >= 0.3 is 6.18 Å². The number of aryl methyl sites for hydroxylation is 1. The number of hydrogen-bond acceptors (Lipinski definition) is 8. The van der Waals surface area contributed by atoms with Crippen LogP contribution in [0.3, 0.4) is 0 Å². The first-order valence-corrected chi connectivity index (χ1v) is 15.5. The topological polar surface area (TPSA) is 145 Å². The summed E-state index contributed by atoms with van der Waals surface area (Å²) in [6.07, 6.45) is 2.39. The van der Waals surface area contributed by atoms with Gasteiger partial charge < -0.3 is 15.2 Å². The van der Waals surface area contributed by atoms with Crippen LogP contribution in [0.4, 0.5) is 22.0 Å². The molecule has 12 nitrogen and oxygen atoms in total. The monoisotopic (exact) mass is 661 g/mol. The molecular weight excluding hydrogens is 629 g/mol. The zero-order valence-electron chi connectivity index (χ0n) is 25.3. The summed E-state index contributed by atoms with van der Waals surface area (Å²) in [7, 11) is 1.73. The molecule has 1 aliphatic heterocycles. The SMILES string of the molecule is Cn1cnc(C[C@]2(Cc3cnn4cc([C@@H](NC(=O)c5nonc5C5CC5)C5CCC(F)(F)CC5)nc4c3)C[C@@H](C(F)(F)F)NC2=O)c1. The molecule has 0 radical (unpaired) electrons. The molecule has 4 aromatic rings. The quantitative estimate of drug-likeness (QED) is 0.254. The Bertz CT molecular complexity index is 1800. The van der Waals surface area contributed by atoms with Crippen molar-refractivity contribution < 1.29 is 36.2 Å². The number of fused-ring (bicyclic) bond motifs is 1. The molecule has 0 spiro atoms. The highest BCUT2D eigenvalue weighted by Crippen LogP contribution is 2.44. The number of amides is 2. The number of halogens is 5. The van der Waals surface area contributed by atoms with Crippen LogP contribution in [0.15, 0.2) is 35.6 Å². The number of rotatable bonds is 9. The predicted molar refractivity (Wildman–Crippen MR) is 152 cm³/mol. The Morgan fingerprint density at radius 3 is 2.57 bits per heavy atom. The first-order chi connectivity index (χ1) is 22.3. The number of carbonyl (C=O) groups excluding carboxylic acids is 2. The Morgan fingerprint density at radius 1 is 1.15 bits per heavy atom. The van der Waals surface area contributed by atoms with E-state index >= 15 is 0 Å². The zero-order chi connectivity index (χ0) is 33.1. The second-order valence-corrected chi connectivity index (χ2v) is 13.2. The van der Waals surface area contributed by atoms with Gasteiger partial charge in [-0.2, -0.15) is 18.3 Å². The van der Waals surface area contributed by atoms with Crippen molar-refractivity contribution in [3.8, 4) is 0 Å². The third-order valence-corrected chi connectivity index (χ3v) is 9.52. The second kappa shape index (κ2) is 11.4. The standard InChI is InChI=1S/C30H32F5N9O3/c1-43-13-19(36-15-43)10-28(11-21(30(33,34)35)39-27(28)46)9-16-8-22-38-20(14-44(22)37-12-16)23(18-4-6-29(31,32)7-5-18)40-26(45)25-24(17-2-3-17)41-47-42-25/h8,12-15,17-18,21,23H,2-7,9-11H2,1H3,(H,39,46)(H,40,45)/t21-,23-,28+/m0/s1. The lowest BCUT2D eigenvalue weighted by Gasteiger charge is -2.33. The fourth-order valence-corrected chi connectivity index (χ4v) is 6.90. The van der Waals surface area contributed by atoms with Crippen molar-refractivity contribution >= 4 is 17.5 Å². The average Bonchev–Trinajstić information content (AvgIpc) is 3.31. The first kappa shape index (κ1) is 31.2. The minimum atomic E-state index is -4.62. The Labute approximate surface area is 264 Å². The van der Waals surface area contributed by atoms with Gasteiger partial charge in [-0.05, 0) is 61.2 Å². The van der Waals surface area contributed by atoms with E-state index in [1.807, 2.05) is 0 Å². The highest BCUT2D eigenvalue weighted by molar-refractivity contribution is 5.93. The van der Waals surface area contributed by atoms with Gasteiger partial charge in [0.2, 0.25) is 11.8 Å². The molecule has 2 N–H and O–H groups in total. The molecule has 1 saturated heterocycles. The van der Waals surface area contributed by atoms with Gasteiger partial charge in [-0.1, -0.05) is 5.16 Å². The van der Waals surface area contributed by atoms with Crippen molar-refractivity contribution in [3.63, 3.8) is 0 Å². The molecule has 2 saturated carbocycles.